The highest BCUT2D eigenvalue weighted by Crippen LogP contribution is 2.23. The van der Waals surface area contributed by atoms with Gasteiger partial charge >= 0.3 is 0 Å². The molecule has 0 aliphatic carbocycles. The number of likely N-dealkylation sites (N-methyl/N-ethyl adjacent to an activating group) is 1. The van der Waals surface area contributed by atoms with Gasteiger partial charge < -0.3 is 14.4 Å². The van der Waals surface area contributed by atoms with Gasteiger partial charge in [0, 0.05) is 68.3 Å². The van der Waals surface area contributed by atoms with Gasteiger partial charge in [0.25, 0.3) is 0 Å². The van der Waals surface area contributed by atoms with Gasteiger partial charge in [-0.15, -0.1) is 0 Å². The lowest BCUT2D eigenvalue weighted by atomic mass is 9.96. The van der Waals surface area contributed by atoms with E-state index in [0.717, 1.165) is 51.4 Å². The van der Waals surface area contributed by atoms with Crippen molar-refractivity contribution in [3.05, 3.63) is 60.6 Å². The van der Waals surface area contributed by atoms with Gasteiger partial charge in [-0.2, -0.15) is 0 Å². The van der Waals surface area contributed by atoms with Gasteiger partial charge in [0.05, 0.1) is 5.70 Å². The first-order valence-electron chi connectivity index (χ1n) is 10.9. The van der Waals surface area contributed by atoms with Crippen LogP contribution in [0.4, 0.5) is 5.95 Å². The third-order valence-corrected chi connectivity index (χ3v) is 6.33. The minimum atomic E-state index is 0.400. The molecular weight excluding hydrogens is 388 g/mol. The summed E-state index contributed by atoms with van der Waals surface area (Å²) in [5, 5.41) is 10.3. The molecule has 3 heterocycles. The number of aryl methyl sites for hydroxylation is 1. The Morgan fingerprint density at radius 1 is 1.23 bits per heavy atom. The maximum Gasteiger partial charge on any atom is 0.225 e. The van der Waals surface area contributed by atoms with Crippen LogP contribution in [0.25, 0.3) is 16.6 Å². The van der Waals surface area contributed by atoms with Gasteiger partial charge in [-0.05, 0) is 43.9 Å². The van der Waals surface area contributed by atoms with Crippen LogP contribution in [0.3, 0.4) is 0 Å². The average Bonchev–Trinajstić information content (AvgIpc) is 3.13. The molecular formula is C24H32N6O. The van der Waals surface area contributed by atoms with Crippen molar-refractivity contribution in [3.8, 4) is 0 Å². The number of benzene rings is 1. The number of fused-ring (bicyclic) bond motifs is 1. The minimum absolute atomic E-state index is 0.400. The Labute approximate surface area is 184 Å². The van der Waals surface area contributed by atoms with E-state index in [2.05, 4.69) is 75.5 Å². The van der Waals surface area contributed by atoms with Crippen molar-refractivity contribution in [3.63, 3.8) is 0 Å². The number of hydrogen-bond donors (Lipinski definition) is 2. The molecule has 1 aromatic carbocycles. The van der Waals surface area contributed by atoms with Crippen molar-refractivity contribution in [2.45, 2.75) is 19.3 Å². The number of anilines is 1. The molecule has 2 N–H and O–H groups in total. The van der Waals surface area contributed by atoms with Crippen LogP contribution in [0.15, 0.2) is 49.4 Å². The van der Waals surface area contributed by atoms with E-state index in [1.807, 2.05) is 5.48 Å². The van der Waals surface area contributed by atoms with Crippen LogP contribution in [0.5, 0.6) is 0 Å². The third-order valence-electron chi connectivity index (χ3n) is 6.33. The molecule has 7 nitrogen and oxygen atoms in total. The summed E-state index contributed by atoms with van der Waals surface area (Å²) in [7, 11) is 4.36. The van der Waals surface area contributed by atoms with Gasteiger partial charge in [-0.1, -0.05) is 24.8 Å². The second-order valence-corrected chi connectivity index (χ2v) is 8.59. The molecule has 0 unspecified atom stereocenters. The van der Waals surface area contributed by atoms with Crippen LogP contribution in [0.2, 0.25) is 0 Å². The molecule has 0 bridgehead atoms. The molecule has 4 rings (SSSR count). The van der Waals surface area contributed by atoms with Crippen molar-refractivity contribution in [2.75, 3.05) is 38.1 Å². The topological polar surface area (TPSA) is 69.5 Å². The quantitative estimate of drug-likeness (QED) is 0.545. The van der Waals surface area contributed by atoms with E-state index in [4.69, 9.17) is 5.21 Å². The second-order valence-electron chi connectivity index (χ2n) is 8.59. The van der Waals surface area contributed by atoms with Crippen LogP contribution < -0.4 is 10.4 Å². The molecule has 2 aromatic heterocycles. The lowest BCUT2D eigenvalue weighted by Gasteiger charge is -2.34. The lowest BCUT2D eigenvalue weighted by Crippen LogP contribution is -2.39. The van der Waals surface area contributed by atoms with Gasteiger partial charge in [-0.25, -0.2) is 9.97 Å². The molecule has 3 aromatic rings. The molecule has 1 saturated heterocycles. The van der Waals surface area contributed by atoms with E-state index in [1.54, 1.807) is 12.4 Å². The molecule has 0 radical (unpaired) electrons. The Morgan fingerprint density at radius 3 is 2.65 bits per heavy atom. The van der Waals surface area contributed by atoms with E-state index in [0.29, 0.717) is 17.2 Å². The van der Waals surface area contributed by atoms with Gasteiger partial charge in [0.15, 0.2) is 0 Å². The summed E-state index contributed by atoms with van der Waals surface area (Å²) < 4.78 is 2.23. The Balaban J connectivity index is 1.25. The van der Waals surface area contributed by atoms with Crippen molar-refractivity contribution in [1.29, 1.82) is 0 Å². The van der Waals surface area contributed by atoms with Crippen molar-refractivity contribution in [1.82, 2.24) is 24.9 Å². The zero-order chi connectivity index (χ0) is 21.8. The van der Waals surface area contributed by atoms with Crippen molar-refractivity contribution in [2.24, 2.45) is 13.0 Å². The van der Waals surface area contributed by atoms with E-state index >= 15 is 0 Å². The fourth-order valence-electron chi connectivity index (χ4n) is 4.49. The largest absolute Gasteiger partial charge is 0.350 e. The molecule has 0 spiro atoms. The van der Waals surface area contributed by atoms with E-state index in [1.165, 1.54) is 16.5 Å². The fourth-order valence-corrected chi connectivity index (χ4v) is 4.49. The molecule has 1 aliphatic rings. The SMILES string of the molecule is C=C(NO)c1cnc(N2CCC(CN(C)CCc3cn(C)c4ccccc34)CC2)nc1. The minimum Gasteiger partial charge on any atom is -0.350 e. The molecule has 0 saturated carbocycles. The number of hydroxylamine groups is 1. The Hall–Kier alpha value is -2.90. The zero-order valence-corrected chi connectivity index (χ0v) is 18.5. The number of nitrogens with one attached hydrogen (secondary N) is 1. The normalized spacial score (nSPS) is 15.0. The van der Waals surface area contributed by atoms with Crippen LogP contribution in [0.1, 0.15) is 24.0 Å². The van der Waals surface area contributed by atoms with Gasteiger partial charge in [-0.3, -0.25) is 10.7 Å². The summed E-state index contributed by atoms with van der Waals surface area (Å²) in [6.45, 7) is 7.85. The van der Waals surface area contributed by atoms with Crippen LogP contribution in [-0.4, -0.2) is 57.9 Å². The number of hydrogen-bond acceptors (Lipinski definition) is 6. The van der Waals surface area contributed by atoms with Crippen LogP contribution >= 0.6 is 0 Å². The first-order valence-corrected chi connectivity index (χ1v) is 10.9. The average molecular weight is 421 g/mol. The monoisotopic (exact) mass is 420 g/mol. The highest BCUT2D eigenvalue weighted by molar-refractivity contribution is 5.83. The predicted octanol–water partition coefficient (Wildman–Crippen LogP) is 3.31. The molecule has 0 atom stereocenters. The molecule has 1 aliphatic heterocycles. The molecule has 31 heavy (non-hydrogen) atoms. The first-order chi connectivity index (χ1) is 15.0. The zero-order valence-electron chi connectivity index (χ0n) is 18.5. The molecule has 1 fully saturated rings. The summed E-state index contributed by atoms with van der Waals surface area (Å²) in [5.74, 6) is 1.45. The Bertz CT molecular complexity index is 1020. The van der Waals surface area contributed by atoms with Crippen molar-refractivity contribution >= 4 is 22.5 Å². The maximum atomic E-state index is 8.94. The summed E-state index contributed by atoms with van der Waals surface area (Å²) in [6, 6.07) is 8.64. The van der Waals surface area contributed by atoms with E-state index in [-0.39, 0.29) is 0 Å². The number of rotatable bonds is 8. The smallest absolute Gasteiger partial charge is 0.225 e. The molecule has 7 heteroatoms. The van der Waals surface area contributed by atoms with Crippen LogP contribution in [0, 0.1) is 5.92 Å². The fraction of sp³-hybridized carbons (Fsp3) is 0.417. The Morgan fingerprint density at radius 2 is 1.94 bits per heavy atom. The molecule has 164 valence electrons. The lowest BCUT2D eigenvalue weighted by molar-refractivity contribution is 0.225. The number of nitrogens with zero attached hydrogens (tertiary/aromatic N) is 5. The standard InChI is InChI=1S/C24H32N6O/c1-18(27-31)21-14-25-24(26-15-21)30-12-8-19(9-13-30)16-28(2)11-10-20-17-29(3)23-7-5-4-6-22(20)23/h4-7,14-15,17,19,27,31H,1,8-13,16H2,2-3H3. The summed E-state index contributed by atoms with van der Waals surface area (Å²) >= 11 is 0. The van der Waals surface area contributed by atoms with E-state index in [9.17, 15) is 0 Å². The first kappa shape index (κ1) is 21.3. The number of piperidine rings is 1. The second kappa shape index (κ2) is 9.49. The number of para-hydroxylation sites is 1. The number of aromatic nitrogens is 3. The maximum absolute atomic E-state index is 8.94. The van der Waals surface area contributed by atoms with Crippen molar-refractivity contribution < 1.29 is 5.21 Å². The van der Waals surface area contributed by atoms with E-state index < -0.39 is 0 Å². The molecule has 0 amide bonds. The Kier molecular flexibility index (Phi) is 6.53. The highest BCUT2D eigenvalue weighted by atomic mass is 16.5. The van der Waals surface area contributed by atoms with Crippen LogP contribution in [-0.2, 0) is 13.5 Å². The van der Waals surface area contributed by atoms with Gasteiger partial charge in [0.2, 0.25) is 5.95 Å². The third kappa shape index (κ3) is 4.89. The summed E-state index contributed by atoms with van der Waals surface area (Å²) in [6.07, 6.45) is 9.03. The summed E-state index contributed by atoms with van der Waals surface area (Å²) in [4.78, 5) is 13.6. The predicted molar refractivity (Wildman–Crippen MR) is 125 cm³/mol. The van der Waals surface area contributed by atoms with Gasteiger partial charge in [0.1, 0.15) is 0 Å². The summed E-state index contributed by atoms with van der Waals surface area (Å²) in [5.41, 5.74) is 5.86. The highest BCUT2D eigenvalue weighted by Gasteiger charge is 2.22.